The van der Waals surface area contributed by atoms with E-state index in [1.807, 2.05) is 30.0 Å². The average molecular weight is 230 g/mol. The van der Waals surface area contributed by atoms with Crippen molar-refractivity contribution < 1.29 is 0 Å². The molecule has 1 aromatic carbocycles. The first kappa shape index (κ1) is 11.9. The number of halogens is 1. The molecule has 0 aliphatic carbocycles. The summed E-state index contributed by atoms with van der Waals surface area (Å²) in [4.78, 5) is 0. The third kappa shape index (κ3) is 4.36. The minimum atomic E-state index is 0.545. The summed E-state index contributed by atoms with van der Waals surface area (Å²) >= 11 is 7.75. The Morgan fingerprint density at radius 3 is 2.93 bits per heavy atom. The van der Waals surface area contributed by atoms with Crippen molar-refractivity contribution in [1.82, 2.24) is 5.32 Å². The van der Waals surface area contributed by atoms with E-state index in [4.69, 9.17) is 11.6 Å². The van der Waals surface area contributed by atoms with Crippen LogP contribution in [0.5, 0.6) is 0 Å². The molecule has 0 aliphatic heterocycles. The Morgan fingerprint density at radius 1 is 1.50 bits per heavy atom. The minimum Gasteiger partial charge on any atom is -0.309 e. The molecule has 0 amide bonds. The maximum absolute atomic E-state index is 5.89. The first-order valence-electron chi connectivity index (χ1n) is 4.69. The summed E-state index contributed by atoms with van der Waals surface area (Å²) < 4.78 is 0. The Morgan fingerprint density at radius 2 is 2.29 bits per heavy atom. The first-order valence-corrected chi connectivity index (χ1v) is 6.46. The van der Waals surface area contributed by atoms with E-state index >= 15 is 0 Å². The van der Waals surface area contributed by atoms with Crippen molar-refractivity contribution >= 4 is 23.4 Å². The summed E-state index contributed by atoms with van der Waals surface area (Å²) in [6, 6.07) is 8.52. The van der Waals surface area contributed by atoms with E-state index in [-0.39, 0.29) is 0 Å². The number of thioether (sulfide) groups is 1. The van der Waals surface area contributed by atoms with Crippen LogP contribution in [0.1, 0.15) is 12.5 Å². The Balaban J connectivity index is 2.37. The summed E-state index contributed by atoms with van der Waals surface area (Å²) in [5.74, 6) is 1.14. The number of nitrogens with one attached hydrogen (secondary N) is 1. The van der Waals surface area contributed by atoms with Crippen molar-refractivity contribution in [2.75, 3.05) is 12.0 Å². The standard InChI is InChI=1S/C11H16ClNS/c1-9(8-14-2)13-7-10-4-3-5-11(12)6-10/h3-6,9,13H,7-8H2,1-2H3. The highest BCUT2D eigenvalue weighted by atomic mass is 35.5. The molecule has 0 heterocycles. The molecule has 1 N–H and O–H groups in total. The molecule has 1 atom stereocenters. The molecule has 0 spiro atoms. The lowest BCUT2D eigenvalue weighted by molar-refractivity contribution is 0.596. The van der Waals surface area contributed by atoms with Gasteiger partial charge in [0.05, 0.1) is 0 Å². The molecule has 3 heteroatoms. The van der Waals surface area contributed by atoms with Crippen LogP contribution >= 0.6 is 23.4 Å². The quantitative estimate of drug-likeness (QED) is 0.833. The van der Waals surface area contributed by atoms with Gasteiger partial charge in [-0.1, -0.05) is 23.7 Å². The fourth-order valence-corrected chi connectivity index (χ4v) is 2.08. The number of hydrogen-bond donors (Lipinski definition) is 1. The van der Waals surface area contributed by atoms with Gasteiger partial charge in [0.15, 0.2) is 0 Å². The van der Waals surface area contributed by atoms with Gasteiger partial charge in [-0.05, 0) is 30.9 Å². The Kier molecular flexibility index (Phi) is 5.38. The minimum absolute atomic E-state index is 0.545. The van der Waals surface area contributed by atoms with E-state index in [1.165, 1.54) is 5.56 Å². The summed E-state index contributed by atoms with van der Waals surface area (Å²) in [7, 11) is 0. The zero-order valence-electron chi connectivity index (χ0n) is 8.59. The third-order valence-corrected chi connectivity index (χ3v) is 3.03. The molecule has 0 bridgehead atoms. The fourth-order valence-electron chi connectivity index (χ4n) is 1.25. The number of hydrogen-bond acceptors (Lipinski definition) is 2. The summed E-state index contributed by atoms with van der Waals surface area (Å²) in [5, 5.41) is 4.25. The average Bonchev–Trinajstić information content (AvgIpc) is 2.15. The van der Waals surface area contributed by atoms with E-state index in [0.29, 0.717) is 6.04 Å². The Bertz CT molecular complexity index is 278. The maximum Gasteiger partial charge on any atom is 0.0409 e. The van der Waals surface area contributed by atoms with Gasteiger partial charge in [-0.15, -0.1) is 0 Å². The van der Waals surface area contributed by atoms with Crippen LogP contribution in [0.2, 0.25) is 5.02 Å². The fraction of sp³-hybridized carbons (Fsp3) is 0.455. The highest BCUT2D eigenvalue weighted by Crippen LogP contribution is 2.10. The zero-order chi connectivity index (χ0) is 10.4. The second kappa shape index (κ2) is 6.33. The van der Waals surface area contributed by atoms with Gasteiger partial charge in [0.2, 0.25) is 0 Å². The van der Waals surface area contributed by atoms with Gasteiger partial charge in [-0.2, -0.15) is 11.8 Å². The van der Waals surface area contributed by atoms with Crippen molar-refractivity contribution in [1.29, 1.82) is 0 Å². The van der Waals surface area contributed by atoms with E-state index < -0.39 is 0 Å². The molecule has 14 heavy (non-hydrogen) atoms. The van der Waals surface area contributed by atoms with Crippen molar-refractivity contribution in [2.45, 2.75) is 19.5 Å². The molecule has 0 fully saturated rings. The van der Waals surface area contributed by atoms with Crippen LogP contribution in [0.3, 0.4) is 0 Å². The highest BCUT2D eigenvalue weighted by Gasteiger charge is 2.00. The van der Waals surface area contributed by atoms with Crippen LogP contribution in [0, 0.1) is 0 Å². The Labute approximate surface area is 95.2 Å². The molecule has 78 valence electrons. The van der Waals surface area contributed by atoms with Crippen LogP contribution < -0.4 is 5.32 Å². The number of benzene rings is 1. The lowest BCUT2D eigenvalue weighted by Crippen LogP contribution is -2.27. The predicted molar refractivity (Wildman–Crippen MR) is 66.1 cm³/mol. The van der Waals surface area contributed by atoms with Crippen molar-refractivity contribution in [3.8, 4) is 0 Å². The van der Waals surface area contributed by atoms with Gasteiger partial charge in [-0.25, -0.2) is 0 Å². The Hall–Kier alpha value is -0.180. The molecule has 1 unspecified atom stereocenters. The van der Waals surface area contributed by atoms with Gasteiger partial charge in [-0.3, -0.25) is 0 Å². The zero-order valence-corrected chi connectivity index (χ0v) is 10.2. The molecule has 1 aromatic rings. The van der Waals surface area contributed by atoms with Crippen LogP contribution in [0.4, 0.5) is 0 Å². The SMILES string of the molecule is CSCC(C)NCc1cccc(Cl)c1. The summed E-state index contributed by atoms with van der Waals surface area (Å²) in [6.07, 6.45) is 2.12. The van der Waals surface area contributed by atoms with Crippen LogP contribution in [0.15, 0.2) is 24.3 Å². The summed E-state index contributed by atoms with van der Waals surface area (Å²) in [5.41, 5.74) is 1.24. The van der Waals surface area contributed by atoms with Gasteiger partial charge < -0.3 is 5.32 Å². The van der Waals surface area contributed by atoms with Crippen molar-refractivity contribution in [3.63, 3.8) is 0 Å². The van der Waals surface area contributed by atoms with Crippen molar-refractivity contribution in [3.05, 3.63) is 34.9 Å². The maximum atomic E-state index is 5.89. The molecule has 0 radical (unpaired) electrons. The summed E-state index contributed by atoms with van der Waals surface area (Å²) in [6.45, 7) is 3.09. The van der Waals surface area contributed by atoms with Crippen molar-refractivity contribution in [2.24, 2.45) is 0 Å². The van der Waals surface area contributed by atoms with Crippen LogP contribution in [-0.2, 0) is 6.54 Å². The van der Waals surface area contributed by atoms with Crippen LogP contribution in [0.25, 0.3) is 0 Å². The lowest BCUT2D eigenvalue weighted by atomic mass is 10.2. The molecule has 0 saturated carbocycles. The van der Waals surface area contributed by atoms with E-state index in [2.05, 4.69) is 24.6 Å². The topological polar surface area (TPSA) is 12.0 Å². The van der Waals surface area contributed by atoms with Gasteiger partial charge in [0, 0.05) is 23.4 Å². The molecular weight excluding hydrogens is 214 g/mol. The van der Waals surface area contributed by atoms with Crippen LogP contribution in [-0.4, -0.2) is 18.1 Å². The molecule has 0 aliphatic rings. The first-order chi connectivity index (χ1) is 6.72. The van der Waals surface area contributed by atoms with E-state index in [9.17, 15) is 0 Å². The smallest absolute Gasteiger partial charge is 0.0409 e. The largest absolute Gasteiger partial charge is 0.309 e. The monoisotopic (exact) mass is 229 g/mol. The van der Waals surface area contributed by atoms with E-state index in [1.54, 1.807) is 0 Å². The third-order valence-electron chi connectivity index (χ3n) is 1.96. The molecule has 1 rings (SSSR count). The second-order valence-electron chi connectivity index (χ2n) is 3.37. The van der Waals surface area contributed by atoms with E-state index in [0.717, 1.165) is 17.3 Å². The predicted octanol–water partition coefficient (Wildman–Crippen LogP) is 3.18. The second-order valence-corrected chi connectivity index (χ2v) is 4.71. The molecule has 0 saturated heterocycles. The lowest BCUT2D eigenvalue weighted by Gasteiger charge is -2.12. The molecule has 0 aromatic heterocycles. The molecular formula is C11H16ClNS. The van der Waals surface area contributed by atoms with Gasteiger partial charge >= 0.3 is 0 Å². The number of rotatable bonds is 5. The van der Waals surface area contributed by atoms with Gasteiger partial charge in [0.1, 0.15) is 0 Å². The molecule has 1 nitrogen and oxygen atoms in total. The highest BCUT2D eigenvalue weighted by molar-refractivity contribution is 7.98. The normalized spacial score (nSPS) is 12.8. The van der Waals surface area contributed by atoms with Gasteiger partial charge in [0.25, 0.3) is 0 Å².